The first-order valence-corrected chi connectivity index (χ1v) is 6.52. The molecule has 19 heavy (non-hydrogen) atoms. The lowest BCUT2D eigenvalue weighted by Gasteiger charge is -2.06. The molecular weight excluding hydrogens is 282 g/mol. The Balaban J connectivity index is 3.22. The molecule has 0 saturated carbocycles. The molecule has 0 aliphatic rings. The van der Waals surface area contributed by atoms with Gasteiger partial charge in [-0.05, 0) is 6.42 Å². The number of nitrogens with zero attached hydrogens (tertiary/aromatic N) is 1. The van der Waals surface area contributed by atoms with Crippen LogP contribution in [-0.2, 0) is 10.0 Å². The number of nitrogens with one attached hydrogen (secondary N) is 1. The summed E-state index contributed by atoms with van der Waals surface area (Å²) in [6.45, 7) is 3.33. The maximum absolute atomic E-state index is 13.4. The Morgan fingerprint density at radius 2 is 2.00 bits per heavy atom. The minimum Gasteiger partial charge on any atom is -0.258 e. The van der Waals surface area contributed by atoms with Crippen molar-refractivity contribution < 1.29 is 22.1 Å². The molecule has 0 aliphatic heterocycles. The van der Waals surface area contributed by atoms with Crippen LogP contribution < -0.4 is 4.72 Å². The number of nitro groups is 1. The van der Waals surface area contributed by atoms with Crippen molar-refractivity contribution in [2.75, 3.05) is 6.54 Å². The van der Waals surface area contributed by atoms with E-state index in [-0.39, 0.29) is 12.6 Å². The Morgan fingerprint density at radius 3 is 2.53 bits per heavy atom. The van der Waals surface area contributed by atoms with E-state index in [1.54, 1.807) is 0 Å². The fourth-order valence-electron chi connectivity index (χ4n) is 1.24. The number of nitro benzene ring substituents is 1. The van der Waals surface area contributed by atoms with Gasteiger partial charge in [0, 0.05) is 18.7 Å². The van der Waals surface area contributed by atoms with E-state index < -0.39 is 37.2 Å². The highest BCUT2D eigenvalue weighted by Crippen LogP contribution is 2.24. The summed E-state index contributed by atoms with van der Waals surface area (Å²) in [6, 6.07) is 0.515. The summed E-state index contributed by atoms with van der Waals surface area (Å²) in [6.07, 6.45) is 1.73. The first-order chi connectivity index (χ1) is 8.79. The van der Waals surface area contributed by atoms with Crippen molar-refractivity contribution in [1.82, 2.24) is 4.72 Å². The molecule has 0 spiro atoms. The molecule has 0 atom stereocenters. The van der Waals surface area contributed by atoms with E-state index in [0.717, 1.165) is 0 Å². The second kappa shape index (κ2) is 5.85. The quantitative estimate of drug-likeness (QED) is 0.374. The van der Waals surface area contributed by atoms with Crippen LogP contribution in [0, 0.1) is 21.7 Å². The van der Waals surface area contributed by atoms with Gasteiger partial charge >= 0.3 is 5.69 Å². The Hall–Kier alpha value is -1.87. The lowest BCUT2D eigenvalue weighted by Crippen LogP contribution is -2.25. The third-order valence-corrected chi connectivity index (χ3v) is 3.60. The maximum atomic E-state index is 13.4. The summed E-state index contributed by atoms with van der Waals surface area (Å²) >= 11 is 0. The monoisotopic (exact) mass is 292 g/mol. The van der Waals surface area contributed by atoms with Crippen molar-refractivity contribution >= 4 is 15.7 Å². The van der Waals surface area contributed by atoms with Crippen LogP contribution in [0.4, 0.5) is 14.5 Å². The zero-order chi connectivity index (χ0) is 14.6. The summed E-state index contributed by atoms with van der Waals surface area (Å²) < 4.78 is 51.8. The first-order valence-electron chi connectivity index (χ1n) is 5.03. The number of halogens is 2. The van der Waals surface area contributed by atoms with E-state index in [0.29, 0.717) is 12.5 Å². The van der Waals surface area contributed by atoms with Gasteiger partial charge in [-0.3, -0.25) is 10.1 Å². The second-order valence-corrected chi connectivity index (χ2v) is 5.20. The molecule has 104 valence electrons. The van der Waals surface area contributed by atoms with Crippen LogP contribution in [0.1, 0.15) is 6.42 Å². The molecule has 1 rings (SSSR count). The third kappa shape index (κ3) is 3.55. The number of hydrogen-bond acceptors (Lipinski definition) is 4. The number of benzene rings is 1. The molecule has 0 unspecified atom stereocenters. The van der Waals surface area contributed by atoms with Crippen LogP contribution in [0.15, 0.2) is 29.7 Å². The van der Waals surface area contributed by atoms with Crippen LogP contribution >= 0.6 is 0 Å². The molecule has 0 fully saturated rings. The van der Waals surface area contributed by atoms with Crippen molar-refractivity contribution in [1.29, 1.82) is 0 Å². The van der Waals surface area contributed by atoms with E-state index in [4.69, 9.17) is 0 Å². The number of rotatable bonds is 6. The van der Waals surface area contributed by atoms with Gasteiger partial charge in [-0.1, -0.05) is 6.08 Å². The van der Waals surface area contributed by atoms with Gasteiger partial charge < -0.3 is 0 Å². The lowest BCUT2D eigenvalue weighted by molar-refractivity contribution is -0.387. The van der Waals surface area contributed by atoms with Crippen LogP contribution in [0.25, 0.3) is 0 Å². The molecule has 1 aromatic rings. The fourth-order valence-corrected chi connectivity index (χ4v) is 2.36. The summed E-state index contributed by atoms with van der Waals surface area (Å²) in [5, 5.41) is 10.5. The fraction of sp³-hybridized carbons (Fsp3) is 0.200. The summed E-state index contributed by atoms with van der Waals surface area (Å²) in [5.74, 6) is -2.83. The zero-order valence-corrected chi connectivity index (χ0v) is 10.4. The van der Waals surface area contributed by atoms with Crippen LogP contribution in [0.2, 0.25) is 0 Å². The van der Waals surface area contributed by atoms with Crippen molar-refractivity contribution in [2.45, 2.75) is 11.3 Å². The molecular formula is C10H10F2N2O4S. The van der Waals surface area contributed by atoms with Gasteiger partial charge in [0.1, 0.15) is 10.7 Å². The van der Waals surface area contributed by atoms with Gasteiger partial charge in [0.05, 0.1) is 4.92 Å². The molecule has 0 aromatic heterocycles. The van der Waals surface area contributed by atoms with Gasteiger partial charge in [-0.2, -0.15) is 4.39 Å². The van der Waals surface area contributed by atoms with Gasteiger partial charge in [0.2, 0.25) is 15.8 Å². The molecule has 1 aromatic carbocycles. The number of sulfonamides is 1. The van der Waals surface area contributed by atoms with Crippen LogP contribution in [-0.4, -0.2) is 19.9 Å². The second-order valence-electron chi connectivity index (χ2n) is 3.47. The molecule has 9 heteroatoms. The smallest absolute Gasteiger partial charge is 0.258 e. The van der Waals surface area contributed by atoms with Gasteiger partial charge in [0.25, 0.3) is 0 Å². The minimum absolute atomic E-state index is 0.0452. The number of hydrogen-bond donors (Lipinski definition) is 1. The average Bonchev–Trinajstić information content (AvgIpc) is 2.28. The standard InChI is InChI=1S/C10H10F2N2O4S/c1-2-3-4-13-19(17,18)10-6-9(14(15)16)7(11)5-8(10)12/h2,5-6,13H,1,3-4H2. The maximum Gasteiger partial charge on any atom is 0.306 e. The van der Waals surface area contributed by atoms with Gasteiger partial charge in [0.15, 0.2) is 0 Å². The SMILES string of the molecule is C=CCCNS(=O)(=O)c1cc([N+](=O)[O-])c(F)cc1F. The Labute approximate surface area is 107 Å². The van der Waals surface area contributed by atoms with Crippen LogP contribution in [0.5, 0.6) is 0 Å². The third-order valence-electron chi connectivity index (χ3n) is 2.13. The van der Waals surface area contributed by atoms with Crippen molar-refractivity contribution in [2.24, 2.45) is 0 Å². The molecule has 0 saturated heterocycles. The highest BCUT2D eigenvalue weighted by molar-refractivity contribution is 7.89. The first kappa shape index (κ1) is 15.2. The summed E-state index contributed by atoms with van der Waals surface area (Å²) in [4.78, 5) is 8.39. The van der Waals surface area contributed by atoms with E-state index in [2.05, 4.69) is 6.58 Å². The lowest BCUT2D eigenvalue weighted by atomic mass is 10.3. The Morgan fingerprint density at radius 1 is 1.37 bits per heavy atom. The van der Waals surface area contributed by atoms with E-state index in [1.807, 2.05) is 4.72 Å². The highest BCUT2D eigenvalue weighted by Gasteiger charge is 2.25. The molecule has 0 aliphatic carbocycles. The molecule has 0 bridgehead atoms. The molecule has 0 radical (unpaired) electrons. The molecule has 0 heterocycles. The molecule has 1 N–H and O–H groups in total. The predicted molar refractivity (Wildman–Crippen MR) is 63.0 cm³/mol. The largest absolute Gasteiger partial charge is 0.306 e. The van der Waals surface area contributed by atoms with Crippen molar-refractivity contribution in [3.05, 3.63) is 46.5 Å². The van der Waals surface area contributed by atoms with Gasteiger partial charge in [-0.15, -0.1) is 6.58 Å². The highest BCUT2D eigenvalue weighted by atomic mass is 32.2. The van der Waals surface area contributed by atoms with Crippen molar-refractivity contribution in [3.63, 3.8) is 0 Å². The van der Waals surface area contributed by atoms with Crippen molar-refractivity contribution in [3.8, 4) is 0 Å². The Kier molecular flexibility index (Phi) is 4.67. The topological polar surface area (TPSA) is 89.3 Å². The molecule has 6 nitrogen and oxygen atoms in total. The molecule has 0 amide bonds. The Bertz CT molecular complexity index is 616. The zero-order valence-electron chi connectivity index (χ0n) is 9.60. The average molecular weight is 292 g/mol. The normalized spacial score (nSPS) is 11.3. The van der Waals surface area contributed by atoms with E-state index in [9.17, 15) is 27.3 Å². The van der Waals surface area contributed by atoms with Gasteiger partial charge in [-0.25, -0.2) is 17.5 Å². The minimum atomic E-state index is -4.28. The summed E-state index contributed by atoms with van der Waals surface area (Å²) in [7, 11) is -4.28. The van der Waals surface area contributed by atoms with E-state index >= 15 is 0 Å². The van der Waals surface area contributed by atoms with Crippen LogP contribution in [0.3, 0.4) is 0 Å². The predicted octanol–water partition coefficient (Wildman–Crippen LogP) is 1.73. The van der Waals surface area contributed by atoms with E-state index in [1.165, 1.54) is 6.08 Å². The summed E-state index contributed by atoms with van der Waals surface area (Å²) in [5.41, 5.74) is -1.11.